The Morgan fingerprint density at radius 2 is 2.06 bits per heavy atom. The molecule has 0 fully saturated rings. The second-order valence-corrected chi connectivity index (χ2v) is 5.44. The normalized spacial score (nSPS) is 12.2. The van der Waals surface area contributed by atoms with E-state index in [1.54, 1.807) is 11.7 Å². The first-order valence-electron chi connectivity index (χ1n) is 6.06. The van der Waals surface area contributed by atoms with Crippen molar-refractivity contribution in [2.24, 2.45) is 0 Å². The Morgan fingerprint density at radius 3 is 2.67 bits per heavy atom. The zero-order chi connectivity index (χ0) is 13.3. The molecule has 0 saturated carbocycles. The number of benzene rings is 1. The Kier molecular flexibility index (Phi) is 3.30. The minimum absolute atomic E-state index is 0.0492. The average Bonchev–Trinajstić information content (AvgIpc) is 2.60. The maximum absolute atomic E-state index is 11.7. The van der Waals surface area contributed by atoms with Crippen LogP contribution in [0.25, 0.3) is 11.1 Å². The van der Waals surface area contributed by atoms with E-state index in [9.17, 15) is 4.79 Å². The first-order valence-corrected chi connectivity index (χ1v) is 6.06. The van der Waals surface area contributed by atoms with Crippen LogP contribution in [0.1, 0.15) is 26.3 Å². The Bertz CT molecular complexity index is 602. The van der Waals surface area contributed by atoms with Crippen molar-refractivity contribution in [3.05, 3.63) is 34.3 Å². The van der Waals surface area contributed by atoms with Gasteiger partial charge < -0.3 is 9.15 Å². The molecule has 0 atom stereocenters. The highest BCUT2D eigenvalue weighted by molar-refractivity contribution is 5.74. The topological polar surface area (TPSA) is 44.4 Å². The number of methoxy groups -OCH3 is 1. The molecule has 0 amide bonds. The summed E-state index contributed by atoms with van der Waals surface area (Å²) in [6, 6.07) is 5.89. The van der Waals surface area contributed by atoms with Crippen LogP contribution >= 0.6 is 0 Å². The largest absolute Gasteiger partial charge is 0.420 e. The molecule has 0 aliphatic rings. The first kappa shape index (κ1) is 12.9. The Labute approximate surface area is 106 Å². The van der Waals surface area contributed by atoms with Crippen LogP contribution in [0.5, 0.6) is 0 Å². The summed E-state index contributed by atoms with van der Waals surface area (Å²) in [5.74, 6) is -0.326. The van der Waals surface area contributed by atoms with E-state index in [0.717, 1.165) is 5.52 Å². The fourth-order valence-electron chi connectivity index (χ4n) is 1.92. The molecule has 0 bridgehead atoms. The zero-order valence-electron chi connectivity index (χ0n) is 11.3. The van der Waals surface area contributed by atoms with E-state index in [4.69, 9.17) is 9.15 Å². The summed E-state index contributed by atoms with van der Waals surface area (Å²) in [6.07, 6.45) is 0. The summed E-state index contributed by atoms with van der Waals surface area (Å²) in [6.45, 7) is 7.44. The van der Waals surface area contributed by atoms with Gasteiger partial charge in [-0.15, -0.1) is 0 Å². The molecule has 0 unspecified atom stereocenters. The monoisotopic (exact) mass is 249 g/mol. The van der Waals surface area contributed by atoms with Gasteiger partial charge in [0.05, 0.1) is 18.7 Å². The van der Waals surface area contributed by atoms with E-state index in [1.807, 2.05) is 18.2 Å². The van der Waals surface area contributed by atoms with Crippen molar-refractivity contribution in [2.75, 3.05) is 13.7 Å². The van der Waals surface area contributed by atoms with Gasteiger partial charge in [-0.1, -0.05) is 26.8 Å². The van der Waals surface area contributed by atoms with Crippen LogP contribution in [0.2, 0.25) is 0 Å². The summed E-state index contributed by atoms with van der Waals surface area (Å²) in [5.41, 5.74) is 2.70. The van der Waals surface area contributed by atoms with Gasteiger partial charge in [0.2, 0.25) is 0 Å². The molecule has 2 rings (SSSR count). The second kappa shape index (κ2) is 4.61. The van der Waals surface area contributed by atoms with Gasteiger partial charge >= 0.3 is 5.76 Å². The zero-order valence-corrected chi connectivity index (χ0v) is 11.3. The predicted octanol–water partition coefficient (Wildman–Crippen LogP) is 2.54. The molecular formula is C14H19NO3. The number of oxazole rings is 1. The number of rotatable bonds is 3. The summed E-state index contributed by atoms with van der Waals surface area (Å²) >= 11 is 0. The second-order valence-electron chi connectivity index (χ2n) is 5.44. The third-order valence-electron chi connectivity index (χ3n) is 3.05. The van der Waals surface area contributed by atoms with Gasteiger partial charge in [-0.2, -0.15) is 0 Å². The summed E-state index contributed by atoms with van der Waals surface area (Å²) in [5, 5.41) is 0. The lowest BCUT2D eigenvalue weighted by atomic mass is 9.87. The molecule has 0 spiro atoms. The molecular weight excluding hydrogens is 230 g/mol. The highest BCUT2D eigenvalue weighted by Gasteiger charge is 2.16. The van der Waals surface area contributed by atoms with Crippen LogP contribution in [-0.4, -0.2) is 18.3 Å². The van der Waals surface area contributed by atoms with Crippen LogP contribution in [0.15, 0.2) is 27.4 Å². The highest BCUT2D eigenvalue weighted by atomic mass is 16.5. The Hall–Kier alpha value is -1.55. The van der Waals surface area contributed by atoms with Crippen LogP contribution < -0.4 is 5.76 Å². The minimum Gasteiger partial charge on any atom is -0.408 e. The number of ether oxygens (including phenoxy) is 1. The van der Waals surface area contributed by atoms with E-state index in [0.29, 0.717) is 18.7 Å². The predicted molar refractivity (Wildman–Crippen MR) is 71.1 cm³/mol. The van der Waals surface area contributed by atoms with Crippen molar-refractivity contribution >= 4 is 11.1 Å². The Morgan fingerprint density at radius 1 is 1.33 bits per heavy atom. The lowest BCUT2D eigenvalue weighted by molar-refractivity contribution is 0.186. The van der Waals surface area contributed by atoms with Crippen molar-refractivity contribution in [3.8, 4) is 0 Å². The molecule has 0 N–H and O–H groups in total. The van der Waals surface area contributed by atoms with Gasteiger partial charge in [0.25, 0.3) is 0 Å². The molecule has 0 aliphatic carbocycles. The van der Waals surface area contributed by atoms with E-state index in [2.05, 4.69) is 20.8 Å². The van der Waals surface area contributed by atoms with Crippen LogP contribution in [-0.2, 0) is 16.7 Å². The van der Waals surface area contributed by atoms with Gasteiger partial charge in [0.15, 0.2) is 5.58 Å². The van der Waals surface area contributed by atoms with E-state index >= 15 is 0 Å². The number of hydrogen-bond donors (Lipinski definition) is 0. The van der Waals surface area contributed by atoms with Crippen LogP contribution in [0.3, 0.4) is 0 Å². The van der Waals surface area contributed by atoms with Crippen molar-refractivity contribution in [1.29, 1.82) is 0 Å². The van der Waals surface area contributed by atoms with Gasteiger partial charge in [0, 0.05) is 7.11 Å². The van der Waals surface area contributed by atoms with Gasteiger partial charge in [0.1, 0.15) is 0 Å². The fourth-order valence-corrected chi connectivity index (χ4v) is 1.92. The third-order valence-corrected chi connectivity index (χ3v) is 3.05. The average molecular weight is 249 g/mol. The third kappa shape index (κ3) is 2.34. The Balaban J connectivity index is 2.56. The highest BCUT2D eigenvalue weighted by Crippen LogP contribution is 2.25. The maximum atomic E-state index is 11.7. The molecule has 0 aliphatic heterocycles. The maximum Gasteiger partial charge on any atom is 0.420 e. The molecule has 0 saturated heterocycles. The lowest BCUT2D eigenvalue weighted by Crippen LogP contribution is -2.17. The molecule has 98 valence electrons. The number of aromatic nitrogens is 1. The molecule has 4 heteroatoms. The van der Waals surface area contributed by atoms with Crippen molar-refractivity contribution in [1.82, 2.24) is 4.57 Å². The molecule has 0 radical (unpaired) electrons. The number of hydrogen-bond acceptors (Lipinski definition) is 3. The molecule has 1 aromatic heterocycles. The van der Waals surface area contributed by atoms with Crippen molar-refractivity contribution < 1.29 is 9.15 Å². The summed E-state index contributed by atoms with van der Waals surface area (Å²) in [7, 11) is 1.62. The number of nitrogens with zero attached hydrogens (tertiary/aromatic N) is 1. The quantitative estimate of drug-likeness (QED) is 0.839. The van der Waals surface area contributed by atoms with Gasteiger partial charge in [-0.25, -0.2) is 4.79 Å². The minimum atomic E-state index is -0.326. The molecule has 1 heterocycles. The molecule has 2 aromatic rings. The van der Waals surface area contributed by atoms with E-state index < -0.39 is 0 Å². The smallest absolute Gasteiger partial charge is 0.408 e. The van der Waals surface area contributed by atoms with Crippen LogP contribution in [0.4, 0.5) is 0 Å². The SMILES string of the molecule is COCCn1c(=O)oc2ccc(C(C)(C)C)cc21. The summed E-state index contributed by atoms with van der Waals surface area (Å²) in [4.78, 5) is 11.7. The van der Waals surface area contributed by atoms with Gasteiger partial charge in [-0.3, -0.25) is 4.57 Å². The fraction of sp³-hybridized carbons (Fsp3) is 0.500. The molecule has 1 aromatic carbocycles. The van der Waals surface area contributed by atoms with E-state index in [-0.39, 0.29) is 11.2 Å². The lowest BCUT2D eigenvalue weighted by Gasteiger charge is -2.18. The molecule has 18 heavy (non-hydrogen) atoms. The number of fused-ring (bicyclic) bond motifs is 1. The first-order chi connectivity index (χ1) is 8.43. The summed E-state index contributed by atoms with van der Waals surface area (Å²) < 4.78 is 11.8. The van der Waals surface area contributed by atoms with Gasteiger partial charge in [-0.05, 0) is 23.1 Å². The standard InChI is InChI=1S/C14H19NO3/c1-14(2,3)10-5-6-12-11(9-10)15(7-8-17-4)13(16)18-12/h5-6,9H,7-8H2,1-4H3. The molecule has 4 nitrogen and oxygen atoms in total. The van der Waals surface area contributed by atoms with Crippen LogP contribution in [0, 0.1) is 0 Å². The van der Waals surface area contributed by atoms with Crippen molar-refractivity contribution in [3.63, 3.8) is 0 Å². The van der Waals surface area contributed by atoms with Crippen molar-refractivity contribution in [2.45, 2.75) is 32.7 Å². The van der Waals surface area contributed by atoms with E-state index in [1.165, 1.54) is 5.56 Å².